The summed E-state index contributed by atoms with van der Waals surface area (Å²) in [5.41, 5.74) is 0. The van der Waals surface area contributed by atoms with E-state index in [0.29, 0.717) is 13.1 Å². The number of guanidine groups is 1. The van der Waals surface area contributed by atoms with Gasteiger partial charge >= 0.3 is 6.18 Å². The Morgan fingerprint density at radius 1 is 1.22 bits per heavy atom. The van der Waals surface area contributed by atoms with Crippen molar-refractivity contribution in [1.82, 2.24) is 15.5 Å². The monoisotopic (exact) mass is 450 g/mol. The fraction of sp³-hybridized carbons (Fsp3) is 0.933. The van der Waals surface area contributed by atoms with Gasteiger partial charge < -0.3 is 10.6 Å². The maximum Gasteiger partial charge on any atom is 0.401 e. The van der Waals surface area contributed by atoms with E-state index in [1.807, 2.05) is 6.92 Å². The molecule has 1 saturated heterocycles. The summed E-state index contributed by atoms with van der Waals surface area (Å²) in [5.74, 6) is 0.720. The van der Waals surface area contributed by atoms with Gasteiger partial charge in [0.1, 0.15) is 0 Å². The van der Waals surface area contributed by atoms with Gasteiger partial charge in [-0.05, 0) is 19.8 Å². The first-order chi connectivity index (χ1) is 10.4. The van der Waals surface area contributed by atoms with Gasteiger partial charge in [0, 0.05) is 32.2 Å². The third-order valence-electron chi connectivity index (χ3n) is 3.64. The van der Waals surface area contributed by atoms with E-state index < -0.39 is 12.7 Å². The lowest BCUT2D eigenvalue weighted by Crippen LogP contribution is -2.45. The molecule has 0 spiro atoms. The zero-order valence-electron chi connectivity index (χ0n) is 14.1. The van der Waals surface area contributed by atoms with Crippen LogP contribution in [0.25, 0.3) is 0 Å². The molecule has 0 aromatic rings. The molecule has 0 amide bonds. The summed E-state index contributed by atoms with van der Waals surface area (Å²) in [5, 5.41) is 6.42. The highest BCUT2D eigenvalue weighted by atomic mass is 127. The van der Waals surface area contributed by atoms with E-state index in [9.17, 15) is 13.2 Å². The van der Waals surface area contributed by atoms with Gasteiger partial charge in [-0.1, -0.05) is 26.2 Å². The molecule has 1 aliphatic rings. The molecule has 0 radical (unpaired) electrons. The largest absolute Gasteiger partial charge is 0.401 e. The minimum atomic E-state index is -4.12. The van der Waals surface area contributed by atoms with Crippen LogP contribution in [-0.2, 0) is 0 Å². The molecular weight excluding hydrogens is 420 g/mol. The van der Waals surface area contributed by atoms with E-state index in [2.05, 4.69) is 22.5 Å². The van der Waals surface area contributed by atoms with E-state index in [1.54, 1.807) is 0 Å². The van der Waals surface area contributed by atoms with E-state index in [-0.39, 0.29) is 30.0 Å². The SMILES string of the molecule is CCCCCCN=C(NCC)NC1CCN(CC(F)(F)F)C1.I. The van der Waals surface area contributed by atoms with Crippen molar-refractivity contribution in [2.75, 3.05) is 32.7 Å². The summed E-state index contributed by atoms with van der Waals surface area (Å²) in [6.45, 7) is 5.73. The number of alkyl halides is 3. The Balaban J connectivity index is 0.00000484. The number of nitrogens with one attached hydrogen (secondary N) is 2. The van der Waals surface area contributed by atoms with E-state index >= 15 is 0 Å². The van der Waals surface area contributed by atoms with Crippen molar-refractivity contribution in [3.63, 3.8) is 0 Å². The van der Waals surface area contributed by atoms with Crippen molar-refractivity contribution in [2.45, 2.75) is 58.2 Å². The number of hydrogen-bond acceptors (Lipinski definition) is 2. The number of rotatable bonds is 8. The van der Waals surface area contributed by atoms with Crippen molar-refractivity contribution < 1.29 is 13.2 Å². The maximum absolute atomic E-state index is 12.4. The predicted molar refractivity (Wildman–Crippen MR) is 99.6 cm³/mol. The summed E-state index contributed by atoms with van der Waals surface area (Å²) in [6, 6.07) is 0.0378. The minimum absolute atomic E-state index is 0. The van der Waals surface area contributed by atoms with Gasteiger partial charge in [-0.25, -0.2) is 0 Å². The Bertz CT molecular complexity index is 337. The number of hydrogen-bond donors (Lipinski definition) is 2. The van der Waals surface area contributed by atoms with Crippen molar-refractivity contribution in [3.05, 3.63) is 0 Å². The molecule has 1 heterocycles. The van der Waals surface area contributed by atoms with Crippen LogP contribution in [0.1, 0.15) is 46.0 Å². The highest BCUT2D eigenvalue weighted by Gasteiger charge is 2.34. The van der Waals surface area contributed by atoms with Crippen molar-refractivity contribution in [3.8, 4) is 0 Å². The fourth-order valence-electron chi connectivity index (χ4n) is 2.59. The second kappa shape index (κ2) is 12.2. The first kappa shape index (κ1) is 22.8. The topological polar surface area (TPSA) is 39.7 Å². The van der Waals surface area contributed by atoms with E-state index in [0.717, 1.165) is 31.9 Å². The van der Waals surface area contributed by atoms with Crippen LogP contribution in [0.4, 0.5) is 13.2 Å². The number of halogens is 4. The lowest BCUT2D eigenvalue weighted by Gasteiger charge is -2.19. The fourth-order valence-corrected chi connectivity index (χ4v) is 2.59. The van der Waals surface area contributed by atoms with Crippen molar-refractivity contribution in [1.29, 1.82) is 0 Å². The molecule has 0 bridgehead atoms. The molecule has 0 saturated carbocycles. The molecule has 1 aliphatic heterocycles. The Labute approximate surface area is 154 Å². The molecule has 138 valence electrons. The van der Waals surface area contributed by atoms with Crippen LogP contribution < -0.4 is 10.6 Å². The summed E-state index contributed by atoms with van der Waals surface area (Å²) in [4.78, 5) is 5.95. The Kier molecular flexibility index (Phi) is 12.0. The number of nitrogens with zero attached hydrogens (tertiary/aromatic N) is 2. The average molecular weight is 450 g/mol. The van der Waals surface area contributed by atoms with Gasteiger partial charge in [-0.15, -0.1) is 24.0 Å². The zero-order chi connectivity index (χ0) is 16.4. The molecule has 1 fully saturated rings. The minimum Gasteiger partial charge on any atom is -0.357 e. The standard InChI is InChI=1S/C15H29F3N4.HI/c1-3-5-6-7-9-20-14(19-4-2)21-13-8-10-22(11-13)12-15(16,17)18;/h13H,3-12H2,1-2H3,(H2,19,20,21);1H. The first-order valence-electron chi connectivity index (χ1n) is 8.28. The van der Waals surface area contributed by atoms with Crippen molar-refractivity contribution in [2.24, 2.45) is 4.99 Å². The van der Waals surface area contributed by atoms with E-state index in [1.165, 1.54) is 24.2 Å². The smallest absolute Gasteiger partial charge is 0.357 e. The quantitative estimate of drug-likeness (QED) is 0.258. The first-order valence-corrected chi connectivity index (χ1v) is 8.28. The second-order valence-electron chi connectivity index (χ2n) is 5.80. The van der Waals surface area contributed by atoms with Crippen molar-refractivity contribution >= 4 is 29.9 Å². The van der Waals surface area contributed by atoms with Crippen LogP contribution in [0.5, 0.6) is 0 Å². The normalized spacial score (nSPS) is 19.5. The van der Waals surface area contributed by atoms with Crippen LogP contribution in [0.15, 0.2) is 4.99 Å². The second-order valence-corrected chi connectivity index (χ2v) is 5.80. The molecular formula is C15H30F3IN4. The molecule has 0 aliphatic carbocycles. The summed E-state index contributed by atoms with van der Waals surface area (Å²) in [6.07, 6.45) is 1.23. The highest BCUT2D eigenvalue weighted by molar-refractivity contribution is 14.0. The van der Waals surface area contributed by atoms with Gasteiger partial charge in [-0.2, -0.15) is 13.2 Å². The van der Waals surface area contributed by atoms with Gasteiger partial charge in [0.05, 0.1) is 6.54 Å². The average Bonchev–Trinajstić information content (AvgIpc) is 2.83. The van der Waals surface area contributed by atoms with Crippen LogP contribution in [0.2, 0.25) is 0 Å². The molecule has 4 nitrogen and oxygen atoms in total. The van der Waals surface area contributed by atoms with Crippen LogP contribution in [0, 0.1) is 0 Å². The summed E-state index contributed by atoms with van der Waals surface area (Å²) < 4.78 is 37.2. The molecule has 2 N–H and O–H groups in total. The van der Waals surface area contributed by atoms with Gasteiger partial charge in [0.25, 0.3) is 0 Å². The molecule has 1 rings (SSSR count). The maximum atomic E-state index is 12.4. The number of unbranched alkanes of at least 4 members (excludes halogenated alkanes) is 3. The van der Waals surface area contributed by atoms with Crippen LogP contribution in [-0.4, -0.2) is 55.8 Å². The summed E-state index contributed by atoms with van der Waals surface area (Å²) >= 11 is 0. The highest BCUT2D eigenvalue weighted by Crippen LogP contribution is 2.19. The molecule has 8 heteroatoms. The van der Waals surface area contributed by atoms with Crippen LogP contribution in [0.3, 0.4) is 0 Å². The Hall–Kier alpha value is -0.250. The molecule has 0 aromatic carbocycles. The molecule has 23 heavy (non-hydrogen) atoms. The van der Waals surface area contributed by atoms with E-state index in [4.69, 9.17) is 0 Å². The molecule has 1 atom stereocenters. The molecule has 1 unspecified atom stereocenters. The Morgan fingerprint density at radius 3 is 2.57 bits per heavy atom. The third-order valence-corrected chi connectivity index (χ3v) is 3.64. The molecule has 0 aromatic heterocycles. The van der Waals surface area contributed by atoms with Crippen LogP contribution >= 0.6 is 24.0 Å². The zero-order valence-corrected chi connectivity index (χ0v) is 16.4. The Morgan fingerprint density at radius 2 is 1.96 bits per heavy atom. The number of likely N-dealkylation sites (tertiary alicyclic amines) is 1. The summed E-state index contributed by atoms with van der Waals surface area (Å²) in [7, 11) is 0. The predicted octanol–water partition coefficient (Wildman–Crippen LogP) is 3.38. The van der Waals surface area contributed by atoms with Gasteiger partial charge in [0.15, 0.2) is 5.96 Å². The number of aliphatic imine (C=N–C) groups is 1. The van der Waals surface area contributed by atoms with Gasteiger partial charge in [0.2, 0.25) is 0 Å². The van der Waals surface area contributed by atoms with Gasteiger partial charge in [-0.3, -0.25) is 9.89 Å². The third kappa shape index (κ3) is 11.0. The lowest BCUT2D eigenvalue weighted by atomic mass is 10.2. The lowest BCUT2D eigenvalue weighted by molar-refractivity contribution is -0.143.